The molecule has 16 heavy (non-hydrogen) atoms. The molecule has 0 saturated heterocycles. The third-order valence-corrected chi connectivity index (χ3v) is 2.52. The van der Waals surface area contributed by atoms with E-state index in [-0.39, 0.29) is 5.56 Å². The number of aromatic nitrogens is 3. The molecule has 0 spiro atoms. The lowest BCUT2D eigenvalue weighted by Crippen LogP contribution is -2.20. The summed E-state index contributed by atoms with van der Waals surface area (Å²) in [5, 5.41) is 4.36. The highest BCUT2D eigenvalue weighted by Crippen LogP contribution is 2.04. The van der Waals surface area contributed by atoms with E-state index in [1.165, 1.54) is 0 Å². The van der Waals surface area contributed by atoms with Crippen LogP contribution in [0.2, 0.25) is 0 Å². The van der Waals surface area contributed by atoms with Crippen molar-refractivity contribution in [2.75, 3.05) is 0 Å². The fraction of sp³-hybridized carbons (Fsp3) is 0.333. The van der Waals surface area contributed by atoms with E-state index >= 15 is 0 Å². The number of nitrogens with zero attached hydrogens (tertiary/aromatic N) is 3. The van der Waals surface area contributed by atoms with Gasteiger partial charge in [-0.15, -0.1) is 0 Å². The number of rotatable bonds is 3. The molecule has 2 rings (SSSR count). The second kappa shape index (κ2) is 4.35. The van der Waals surface area contributed by atoms with Gasteiger partial charge in [0.1, 0.15) is 0 Å². The van der Waals surface area contributed by atoms with Gasteiger partial charge in [0.25, 0.3) is 5.56 Å². The van der Waals surface area contributed by atoms with Crippen LogP contribution >= 0.6 is 0 Å². The molecule has 84 valence electrons. The van der Waals surface area contributed by atoms with Gasteiger partial charge in [0.2, 0.25) is 0 Å². The van der Waals surface area contributed by atoms with Crippen LogP contribution in [-0.2, 0) is 13.1 Å². The van der Waals surface area contributed by atoms with Crippen molar-refractivity contribution in [3.05, 3.63) is 52.2 Å². The van der Waals surface area contributed by atoms with Gasteiger partial charge < -0.3 is 4.57 Å². The second-order valence-corrected chi connectivity index (χ2v) is 3.76. The maximum atomic E-state index is 11.6. The fourth-order valence-corrected chi connectivity index (χ4v) is 1.77. The lowest BCUT2D eigenvalue weighted by atomic mass is 10.3. The summed E-state index contributed by atoms with van der Waals surface area (Å²) in [7, 11) is 0. The molecule has 2 aromatic heterocycles. The zero-order chi connectivity index (χ0) is 11.5. The van der Waals surface area contributed by atoms with E-state index in [0.717, 1.165) is 17.9 Å². The molecule has 0 aliphatic rings. The van der Waals surface area contributed by atoms with Crippen LogP contribution in [0.15, 0.2) is 35.3 Å². The average molecular weight is 217 g/mol. The van der Waals surface area contributed by atoms with Gasteiger partial charge >= 0.3 is 0 Å². The van der Waals surface area contributed by atoms with Crippen molar-refractivity contribution in [2.45, 2.75) is 26.9 Å². The molecule has 2 aromatic rings. The van der Waals surface area contributed by atoms with Crippen molar-refractivity contribution in [1.82, 2.24) is 14.3 Å². The van der Waals surface area contributed by atoms with Crippen LogP contribution < -0.4 is 5.56 Å². The van der Waals surface area contributed by atoms with Gasteiger partial charge in [-0.1, -0.05) is 6.07 Å². The average Bonchev–Trinajstić information content (AvgIpc) is 2.62. The Morgan fingerprint density at radius 3 is 2.88 bits per heavy atom. The first-order chi connectivity index (χ1) is 7.70. The molecule has 0 aromatic carbocycles. The summed E-state index contributed by atoms with van der Waals surface area (Å²) in [5.74, 6) is 0. The quantitative estimate of drug-likeness (QED) is 0.780. The van der Waals surface area contributed by atoms with Gasteiger partial charge in [0.15, 0.2) is 0 Å². The summed E-state index contributed by atoms with van der Waals surface area (Å²) in [6.07, 6.45) is 1.80. The molecule has 0 saturated carbocycles. The van der Waals surface area contributed by atoms with Crippen LogP contribution in [0.25, 0.3) is 0 Å². The predicted molar refractivity (Wildman–Crippen MR) is 62.4 cm³/mol. The van der Waals surface area contributed by atoms with Crippen LogP contribution in [-0.4, -0.2) is 14.3 Å². The molecule has 0 fully saturated rings. The molecule has 0 amide bonds. The van der Waals surface area contributed by atoms with E-state index in [2.05, 4.69) is 5.10 Å². The topological polar surface area (TPSA) is 39.8 Å². The first-order valence-electron chi connectivity index (χ1n) is 5.39. The van der Waals surface area contributed by atoms with Crippen molar-refractivity contribution < 1.29 is 0 Å². The zero-order valence-electron chi connectivity index (χ0n) is 9.55. The van der Waals surface area contributed by atoms with Gasteiger partial charge in [-0.3, -0.25) is 9.48 Å². The standard InChI is InChI=1S/C12H15N3O/c1-3-15-11(8-10(2)13-15)9-14-7-5-4-6-12(14)16/h4-8H,3,9H2,1-2H3. The van der Waals surface area contributed by atoms with E-state index in [1.54, 1.807) is 22.9 Å². The highest BCUT2D eigenvalue weighted by Gasteiger charge is 2.04. The SMILES string of the molecule is CCn1nc(C)cc1Cn1ccccc1=O. The largest absolute Gasteiger partial charge is 0.310 e. The molecule has 0 bridgehead atoms. The highest BCUT2D eigenvalue weighted by atomic mass is 16.1. The van der Waals surface area contributed by atoms with Crippen molar-refractivity contribution in [2.24, 2.45) is 0 Å². The Kier molecular flexibility index (Phi) is 2.90. The fourth-order valence-electron chi connectivity index (χ4n) is 1.77. The smallest absolute Gasteiger partial charge is 0.250 e. The Morgan fingerprint density at radius 1 is 1.38 bits per heavy atom. The Labute approximate surface area is 94.1 Å². The molecular formula is C12H15N3O. The van der Waals surface area contributed by atoms with Crippen LogP contribution in [0, 0.1) is 6.92 Å². The number of pyridine rings is 1. The molecular weight excluding hydrogens is 202 g/mol. The van der Waals surface area contributed by atoms with Gasteiger partial charge in [0, 0.05) is 18.8 Å². The summed E-state index contributed by atoms with van der Waals surface area (Å²) in [6.45, 7) is 5.41. The summed E-state index contributed by atoms with van der Waals surface area (Å²) in [5.41, 5.74) is 2.07. The van der Waals surface area contributed by atoms with Gasteiger partial charge in [0.05, 0.1) is 17.9 Å². The molecule has 4 heteroatoms. The zero-order valence-corrected chi connectivity index (χ0v) is 9.55. The van der Waals surface area contributed by atoms with Gasteiger partial charge in [-0.05, 0) is 26.0 Å². The minimum absolute atomic E-state index is 0.0176. The van der Waals surface area contributed by atoms with E-state index in [0.29, 0.717) is 6.54 Å². The Balaban J connectivity index is 2.34. The summed E-state index contributed by atoms with van der Waals surface area (Å²) in [4.78, 5) is 11.6. The Bertz CT molecular complexity index is 539. The monoisotopic (exact) mass is 217 g/mol. The lowest BCUT2D eigenvalue weighted by Gasteiger charge is -2.06. The number of aryl methyl sites for hydroxylation is 2. The van der Waals surface area contributed by atoms with E-state index in [1.807, 2.05) is 30.7 Å². The molecule has 0 radical (unpaired) electrons. The van der Waals surface area contributed by atoms with E-state index in [4.69, 9.17) is 0 Å². The summed E-state index contributed by atoms with van der Waals surface area (Å²) in [6, 6.07) is 7.20. The van der Waals surface area contributed by atoms with Crippen molar-refractivity contribution >= 4 is 0 Å². The van der Waals surface area contributed by atoms with Gasteiger partial charge in [-0.25, -0.2) is 0 Å². The first-order valence-corrected chi connectivity index (χ1v) is 5.39. The van der Waals surface area contributed by atoms with Crippen LogP contribution in [0.3, 0.4) is 0 Å². The molecule has 0 aliphatic carbocycles. The summed E-state index contributed by atoms with van der Waals surface area (Å²) < 4.78 is 3.61. The normalized spacial score (nSPS) is 10.6. The molecule has 0 N–H and O–H groups in total. The first kappa shape index (κ1) is 10.7. The maximum Gasteiger partial charge on any atom is 0.250 e. The van der Waals surface area contributed by atoms with Crippen LogP contribution in [0.4, 0.5) is 0 Å². The van der Waals surface area contributed by atoms with Crippen molar-refractivity contribution in [3.8, 4) is 0 Å². The predicted octanol–water partition coefficient (Wildman–Crippen LogP) is 1.42. The van der Waals surface area contributed by atoms with Crippen molar-refractivity contribution in [3.63, 3.8) is 0 Å². The minimum Gasteiger partial charge on any atom is -0.310 e. The van der Waals surface area contributed by atoms with Crippen LogP contribution in [0.5, 0.6) is 0 Å². The minimum atomic E-state index is 0.0176. The lowest BCUT2D eigenvalue weighted by molar-refractivity contribution is 0.591. The Hall–Kier alpha value is -1.84. The van der Waals surface area contributed by atoms with Crippen LogP contribution in [0.1, 0.15) is 18.3 Å². The summed E-state index contributed by atoms with van der Waals surface area (Å²) >= 11 is 0. The third-order valence-electron chi connectivity index (χ3n) is 2.52. The van der Waals surface area contributed by atoms with E-state index < -0.39 is 0 Å². The molecule has 4 nitrogen and oxygen atoms in total. The maximum absolute atomic E-state index is 11.6. The number of hydrogen-bond acceptors (Lipinski definition) is 2. The Morgan fingerprint density at radius 2 is 2.19 bits per heavy atom. The molecule has 0 aliphatic heterocycles. The molecule has 2 heterocycles. The second-order valence-electron chi connectivity index (χ2n) is 3.76. The molecule has 0 unspecified atom stereocenters. The molecule has 0 atom stereocenters. The number of hydrogen-bond donors (Lipinski definition) is 0. The van der Waals surface area contributed by atoms with Crippen molar-refractivity contribution in [1.29, 1.82) is 0 Å². The highest BCUT2D eigenvalue weighted by molar-refractivity contribution is 5.10. The van der Waals surface area contributed by atoms with E-state index in [9.17, 15) is 4.79 Å². The van der Waals surface area contributed by atoms with Gasteiger partial charge in [-0.2, -0.15) is 5.10 Å². The third kappa shape index (κ3) is 2.05.